The zero-order valence-electron chi connectivity index (χ0n) is 8.92. The molecule has 13 heavy (non-hydrogen) atoms. The number of hydrogen-bond donors (Lipinski definition) is 1. The molecule has 2 nitrogen and oxygen atoms in total. The average molecular weight is 182 g/mol. The first-order valence-electron chi connectivity index (χ1n) is 5.28. The number of hydrogen-bond acceptors (Lipinski definition) is 2. The molecule has 0 amide bonds. The molecule has 1 fully saturated rings. The van der Waals surface area contributed by atoms with Crippen LogP contribution in [0.5, 0.6) is 0 Å². The summed E-state index contributed by atoms with van der Waals surface area (Å²) in [5.74, 6) is 0. The van der Waals surface area contributed by atoms with Crippen LogP contribution in [0.15, 0.2) is 12.7 Å². The van der Waals surface area contributed by atoms with E-state index in [0.717, 1.165) is 6.54 Å². The van der Waals surface area contributed by atoms with Crippen molar-refractivity contribution in [1.82, 2.24) is 10.2 Å². The van der Waals surface area contributed by atoms with E-state index >= 15 is 0 Å². The zero-order chi connectivity index (χ0) is 9.68. The Morgan fingerprint density at radius 2 is 2.15 bits per heavy atom. The van der Waals surface area contributed by atoms with Crippen LogP contribution in [0.3, 0.4) is 0 Å². The van der Waals surface area contributed by atoms with Crippen molar-refractivity contribution in [3.63, 3.8) is 0 Å². The molecule has 0 saturated heterocycles. The van der Waals surface area contributed by atoms with Gasteiger partial charge in [-0.15, -0.1) is 6.58 Å². The Hall–Kier alpha value is -0.340. The molecule has 0 radical (unpaired) electrons. The maximum atomic E-state index is 3.78. The van der Waals surface area contributed by atoms with E-state index in [2.05, 4.69) is 30.9 Å². The first-order valence-corrected chi connectivity index (χ1v) is 5.28. The average Bonchev–Trinajstić information content (AvgIpc) is 2.18. The second-order valence-corrected chi connectivity index (χ2v) is 3.98. The highest BCUT2D eigenvalue weighted by Crippen LogP contribution is 2.21. The van der Waals surface area contributed by atoms with Gasteiger partial charge in [0.05, 0.1) is 0 Å². The lowest BCUT2D eigenvalue weighted by molar-refractivity contribution is 0.167. The van der Waals surface area contributed by atoms with Gasteiger partial charge in [0, 0.05) is 18.6 Å². The molecular formula is C11H22N2. The van der Waals surface area contributed by atoms with Crippen molar-refractivity contribution in [2.75, 3.05) is 20.6 Å². The Morgan fingerprint density at radius 3 is 2.77 bits per heavy atom. The monoisotopic (exact) mass is 182 g/mol. The largest absolute Gasteiger partial charge is 0.315 e. The number of nitrogens with zero attached hydrogens (tertiary/aromatic N) is 1. The minimum Gasteiger partial charge on any atom is -0.315 e. The Morgan fingerprint density at radius 1 is 1.46 bits per heavy atom. The van der Waals surface area contributed by atoms with Gasteiger partial charge in [-0.25, -0.2) is 0 Å². The van der Waals surface area contributed by atoms with Crippen molar-refractivity contribution in [2.24, 2.45) is 0 Å². The second kappa shape index (κ2) is 5.40. The van der Waals surface area contributed by atoms with Crippen LogP contribution in [0, 0.1) is 0 Å². The summed E-state index contributed by atoms with van der Waals surface area (Å²) in [6.45, 7) is 4.79. The molecule has 2 atom stereocenters. The van der Waals surface area contributed by atoms with Crippen molar-refractivity contribution in [2.45, 2.75) is 37.8 Å². The van der Waals surface area contributed by atoms with Gasteiger partial charge in [0.1, 0.15) is 0 Å². The van der Waals surface area contributed by atoms with E-state index in [4.69, 9.17) is 0 Å². The van der Waals surface area contributed by atoms with E-state index < -0.39 is 0 Å². The fourth-order valence-electron chi connectivity index (χ4n) is 2.31. The Bertz CT molecular complexity index is 156. The maximum Gasteiger partial charge on any atom is 0.0249 e. The van der Waals surface area contributed by atoms with Crippen molar-refractivity contribution in [3.05, 3.63) is 12.7 Å². The summed E-state index contributed by atoms with van der Waals surface area (Å²) in [7, 11) is 4.27. The molecule has 1 saturated carbocycles. The van der Waals surface area contributed by atoms with Crippen molar-refractivity contribution < 1.29 is 0 Å². The quantitative estimate of drug-likeness (QED) is 0.665. The van der Waals surface area contributed by atoms with Gasteiger partial charge in [-0.05, 0) is 26.9 Å². The smallest absolute Gasteiger partial charge is 0.0249 e. The van der Waals surface area contributed by atoms with Crippen molar-refractivity contribution >= 4 is 0 Å². The lowest BCUT2D eigenvalue weighted by Crippen LogP contribution is -2.49. The van der Waals surface area contributed by atoms with Gasteiger partial charge in [-0.2, -0.15) is 0 Å². The highest BCUT2D eigenvalue weighted by atomic mass is 15.2. The molecule has 0 aromatic rings. The van der Waals surface area contributed by atoms with Crippen LogP contribution >= 0.6 is 0 Å². The summed E-state index contributed by atoms with van der Waals surface area (Å²) >= 11 is 0. The van der Waals surface area contributed by atoms with Gasteiger partial charge in [-0.3, -0.25) is 4.90 Å². The summed E-state index contributed by atoms with van der Waals surface area (Å²) in [4.78, 5) is 2.41. The first kappa shape index (κ1) is 10.7. The van der Waals surface area contributed by atoms with Gasteiger partial charge in [0.25, 0.3) is 0 Å². The van der Waals surface area contributed by atoms with E-state index in [1.165, 1.54) is 25.7 Å². The molecule has 0 bridgehead atoms. The van der Waals surface area contributed by atoms with Crippen LogP contribution in [-0.4, -0.2) is 37.6 Å². The lowest BCUT2D eigenvalue weighted by Gasteiger charge is -2.37. The number of likely N-dealkylation sites (N-methyl/N-ethyl adjacent to an activating group) is 2. The molecule has 0 aromatic heterocycles. The van der Waals surface area contributed by atoms with Crippen LogP contribution in [0.2, 0.25) is 0 Å². The zero-order valence-corrected chi connectivity index (χ0v) is 8.92. The molecule has 0 aliphatic heterocycles. The number of rotatable bonds is 4. The topological polar surface area (TPSA) is 15.3 Å². The van der Waals surface area contributed by atoms with Crippen molar-refractivity contribution in [3.8, 4) is 0 Å². The SMILES string of the molecule is C=CCN(C)[C@@H]1CCCC[C@H]1NC. The normalized spacial score (nSPS) is 29.2. The van der Waals surface area contributed by atoms with Gasteiger partial charge in [-0.1, -0.05) is 18.9 Å². The third-order valence-corrected chi connectivity index (χ3v) is 3.08. The molecule has 76 valence electrons. The van der Waals surface area contributed by atoms with Gasteiger partial charge >= 0.3 is 0 Å². The third kappa shape index (κ3) is 2.82. The fourth-order valence-corrected chi connectivity index (χ4v) is 2.31. The summed E-state index contributed by atoms with van der Waals surface area (Å²) in [6, 6.07) is 1.38. The van der Waals surface area contributed by atoms with E-state index in [0.29, 0.717) is 12.1 Å². The summed E-state index contributed by atoms with van der Waals surface area (Å²) in [5.41, 5.74) is 0. The molecule has 0 heterocycles. The minimum absolute atomic E-state index is 0.679. The van der Waals surface area contributed by atoms with Crippen LogP contribution in [-0.2, 0) is 0 Å². The van der Waals surface area contributed by atoms with E-state index in [9.17, 15) is 0 Å². The van der Waals surface area contributed by atoms with Crippen LogP contribution < -0.4 is 5.32 Å². The second-order valence-electron chi connectivity index (χ2n) is 3.98. The van der Waals surface area contributed by atoms with Crippen LogP contribution in [0.4, 0.5) is 0 Å². The third-order valence-electron chi connectivity index (χ3n) is 3.08. The first-order chi connectivity index (χ1) is 6.29. The maximum absolute atomic E-state index is 3.78. The molecule has 0 unspecified atom stereocenters. The Kier molecular flexibility index (Phi) is 4.46. The highest BCUT2D eigenvalue weighted by Gasteiger charge is 2.26. The van der Waals surface area contributed by atoms with Gasteiger partial charge in [0.2, 0.25) is 0 Å². The van der Waals surface area contributed by atoms with Crippen molar-refractivity contribution in [1.29, 1.82) is 0 Å². The molecule has 1 rings (SSSR count). The molecule has 1 aliphatic rings. The Balaban J connectivity index is 2.47. The standard InChI is InChI=1S/C11H22N2/c1-4-9-13(3)11-8-6-5-7-10(11)12-2/h4,10-12H,1,5-9H2,2-3H3/t10-,11-/m1/s1. The summed E-state index contributed by atoms with van der Waals surface area (Å²) in [5, 5.41) is 3.42. The minimum atomic E-state index is 0.679. The number of nitrogens with one attached hydrogen (secondary N) is 1. The molecule has 0 spiro atoms. The van der Waals surface area contributed by atoms with Crippen LogP contribution in [0.25, 0.3) is 0 Å². The predicted molar refractivity (Wildman–Crippen MR) is 57.9 cm³/mol. The highest BCUT2D eigenvalue weighted by molar-refractivity contribution is 4.88. The van der Waals surface area contributed by atoms with E-state index in [-0.39, 0.29) is 0 Å². The van der Waals surface area contributed by atoms with Gasteiger partial charge < -0.3 is 5.32 Å². The Labute approximate surface area is 82.0 Å². The predicted octanol–water partition coefficient (Wildman–Crippen LogP) is 1.63. The summed E-state index contributed by atoms with van der Waals surface area (Å²) in [6.07, 6.45) is 7.40. The van der Waals surface area contributed by atoms with Crippen LogP contribution in [0.1, 0.15) is 25.7 Å². The fraction of sp³-hybridized carbons (Fsp3) is 0.818. The molecular weight excluding hydrogens is 160 g/mol. The van der Waals surface area contributed by atoms with Gasteiger partial charge in [0.15, 0.2) is 0 Å². The van der Waals surface area contributed by atoms with E-state index in [1.54, 1.807) is 0 Å². The lowest BCUT2D eigenvalue weighted by atomic mass is 9.89. The molecule has 1 N–H and O–H groups in total. The summed E-state index contributed by atoms with van der Waals surface area (Å²) < 4.78 is 0. The van der Waals surface area contributed by atoms with E-state index in [1.807, 2.05) is 6.08 Å². The molecule has 1 aliphatic carbocycles. The molecule has 0 aromatic carbocycles. The molecule has 2 heteroatoms.